The lowest BCUT2D eigenvalue weighted by Gasteiger charge is -2.16. The fraction of sp³-hybridized carbons (Fsp3) is 0.900. The lowest BCUT2D eigenvalue weighted by Crippen LogP contribution is -2.32. The lowest BCUT2D eigenvalue weighted by molar-refractivity contribution is -0.135. The van der Waals surface area contributed by atoms with Gasteiger partial charge in [0.25, 0.3) is 0 Å². The Labute approximate surface area is 91.5 Å². The van der Waals surface area contributed by atoms with Crippen molar-refractivity contribution in [3.8, 4) is 0 Å². The first kappa shape index (κ1) is 14.3. The van der Waals surface area contributed by atoms with Crippen LogP contribution in [-0.4, -0.2) is 57.4 Å². The first-order valence-electron chi connectivity index (χ1n) is 5.31. The Hall–Kier alpha value is -0.650. The van der Waals surface area contributed by atoms with Crippen molar-refractivity contribution in [2.45, 2.75) is 13.3 Å². The Morgan fingerprint density at radius 2 is 2.00 bits per heavy atom. The molecule has 5 heteroatoms. The molecule has 90 valence electrons. The molecule has 0 aliphatic heterocycles. The van der Waals surface area contributed by atoms with Crippen LogP contribution in [0.2, 0.25) is 0 Å². The fourth-order valence-electron chi connectivity index (χ4n) is 0.985. The third-order valence-corrected chi connectivity index (χ3v) is 1.93. The quantitative estimate of drug-likeness (QED) is 0.546. The number of rotatable bonds is 9. The van der Waals surface area contributed by atoms with E-state index in [1.54, 1.807) is 11.9 Å². The number of amides is 1. The second-order valence-corrected chi connectivity index (χ2v) is 3.21. The van der Waals surface area contributed by atoms with E-state index in [1.165, 1.54) is 0 Å². The van der Waals surface area contributed by atoms with Crippen LogP contribution in [0, 0.1) is 0 Å². The summed E-state index contributed by atoms with van der Waals surface area (Å²) in [5.74, 6) is -0.0139. The van der Waals surface area contributed by atoms with Crippen LogP contribution in [0.4, 0.5) is 0 Å². The summed E-state index contributed by atoms with van der Waals surface area (Å²) in [6.07, 6.45) is 0.821. The Kier molecular flexibility index (Phi) is 9.46. The minimum Gasteiger partial charge on any atom is -0.379 e. The first-order chi connectivity index (χ1) is 7.22. The summed E-state index contributed by atoms with van der Waals surface area (Å²) < 4.78 is 10.2. The predicted molar refractivity (Wildman–Crippen MR) is 58.6 cm³/mol. The molecule has 0 rings (SSSR count). The van der Waals surface area contributed by atoms with E-state index < -0.39 is 0 Å². The third-order valence-electron chi connectivity index (χ3n) is 1.93. The van der Waals surface area contributed by atoms with Gasteiger partial charge >= 0.3 is 0 Å². The summed E-state index contributed by atoms with van der Waals surface area (Å²) >= 11 is 0. The number of hydrogen-bond acceptors (Lipinski definition) is 4. The van der Waals surface area contributed by atoms with E-state index in [0.29, 0.717) is 32.9 Å². The first-order valence-corrected chi connectivity index (χ1v) is 5.31. The Bertz CT molecular complexity index is 165. The average molecular weight is 218 g/mol. The minimum absolute atomic E-state index is 0.0139. The molecule has 2 N–H and O–H groups in total. The number of carbonyl (C=O) groups excluding carboxylic acids is 1. The van der Waals surface area contributed by atoms with E-state index >= 15 is 0 Å². The molecule has 0 atom stereocenters. The van der Waals surface area contributed by atoms with Gasteiger partial charge in [-0.1, -0.05) is 0 Å². The number of nitrogens with two attached hydrogens (primary N) is 1. The predicted octanol–water partition coefficient (Wildman–Crippen LogP) is -0.153. The van der Waals surface area contributed by atoms with Crippen molar-refractivity contribution in [3.63, 3.8) is 0 Å². The van der Waals surface area contributed by atoms with Crippen LogP contribution in [-0.2, 0) is 14.3 Å². The molecule has 0 aromatic rings. The van der Waals surface area contributed by atoms with Crippen LogP contribution >= 0.6 is 0 Å². The molecule has 0 aromatic carbocycles. The van der Waals surface area contributed by atoms with Crippen LogP contribution < -0.4 is 5.73 Å². The zero-order valence-corrected chi connectivity index (χ0v) is 9.70. The van der Waals surface area contributed by atoms with Gasteiger partial charge in [-0.3, -0.25) is 4.79 Å². The molecule has 0 aliphatic rings. The number of likely N-dealkylation sites (N-methyl/N-ethyl adjacent to an activating group) is 1. The molecular formula is C10H22N2O3. The smallest absolute Gasteiger partial charge is 0.248 e. The van der Waals surface area contributed by atoms with Gasteiger partial charge in [0.15, 0.2) is 0 Å². The molecule has 0 fully saturated rings. The molecule has 1 amide bonds. The molecule has 0 spiro atoms. The summed E-state index contributed by atoms with van der Waals surface area (Å²) in [4.78, 5) is 13.0. The van der Waals surface area contributed by atoms with Crippen molar-refractivity contribution >= 4 is 5.91 Å². The van der Waals surface area contributed by atoms with Crippen molar-refractivity contribution in [3.05, 3.63) is 0 Å². The highest BCUT2D eigenvalue weighted by atomic mass is 16.5. The Balaban J connectivity index is 3.38. The highest BCUT2D eigenvalue weighted by Crippen LogP contribution is 1.89. The maximum atomic E-state index is 11.4. The van der Waals surface area contributed by atoms with Crippen LogP contribution in [0.25, 0.3) is 0 Å². The third kappa shape index (κ3) is 8.35. The highest BCUT2D eigenvalue weighted by Gasteiger charge is 2.07. The van der Waals surface area contributed by atoms with Crippen LogP contribution in [0.3, 0.4) is 0 Å². The molecule has 0 aromatic heterocycles. The monoisotopic (exact) mass is 218 g/mol. The van der Waals surface area contributed by atoms with Crippen molar-refractivity contribution in [1.82, 2.24) is 4.90 Å². The zero-order valence-electron chi connectivity index (χ0n) is 9.70. The second kappa shape index (κ2) is 9.89. The van der Waals surface area contributed by atoms with E-state index in [1.807, 2.05) is 6.92 Å². The van der Waals surface area contributed by atoms with Crippen molar-refractivity contribution in [2.75, 3.05) is 46.6 Å². The van der Waals surface area contributed by atoms with Gasteiger partial charge in [0, 0.05) is 20.2 Å². The van der Waals surface area contributed by atoms with Crippen LogP contribution in [0.1, 0.15) is 13.3 Å². The summed E-state index contributed by atoms with van der Waals surface area (Å²) in [6, 6.07) is 0. The van der Waals surface area contributed by atoms with Gasteiger partial charge in [0.2, 0.25) is 5.91 Å². The summed E-state index contributed by atoms with van der Waals surface area (Å²) in [6.45, 7) is 5.00. The van der Waals surface area contributed by atoms with Gasteiger partial charge in [-0.25, -0.2) is 0 Å². The number of ether oxygens (including phenoxy) is 2. The average Bonchev–Trinajstić information content (AvgIpc) is 2.25. The number of nitrogens with zero attached hydrogens (tertiary/aromatic N) is 1. The largest absolute Gasteiger partial charge is 0.379 e. The number of hydrogen-bond donors (Lipinski definition) is 1. The maximum absolute atomic E-state index is 11.4. The van der Waals surface area contributed by atoms with Gasteiger partial charge in [-0.2, -0.15) is 0 Å². The molecule has 0 aliphatic carbocycles. The van der Waals surface area contributed by atoms with E-state index in [2.05, 4.69) is 0 Å². The topological polar surface area (TPSA) is 64.8 Å². The maximum Gasteiger partial charge on any atom is 0.248 e. The molecule has 0 saturated heterocycles. The summed E-state index contributed by atoms with van der Waals surface area (Å²) in [7, 11) is 1.75. The molecule has 15 heavy (non-hydrogen) atoms. The molecule has 0 unspecified atom stereocenters. The SMILES string of the molecule is CCOCCOCC(=O)N(C)CCCN. The molecule has 0 heterocycles. The van der Waals surface area contributed by atoms with Crippen molar-refractivity contribution < 1.29 is 14.3 Å². The van der Waals surface area contributed by atoms with E-state index in [0.717, 1.165) is 6.42 Å². The molecule has 5 nitrogen and oxygen atoms in total. The minimum atomic E-state index is -0.0139. The fourth-order valence-corrected chi connectivity index (χ4v) is 0.985. The molecule has 0 saturated carbocycles. The van der Waals surface area contributed by atoms with Crippen LogP contribution in [0.5, 0.6) is 0 Å². The van der Waals surface area contributed by atoms with Crippen LogP contribution in [0.15, 0.2) is 0 Å². The highest BCUT2D eigenvalue weighted by molar-refractivity contribution is 5.77. The van der Waals surface area contributed by atoms with E-state index in [-0.39, 0.29) is 12.5 Å². The summed E-state index contributed by atoms with van der Waals surface area (Å²) in [5.41, 5.74) is 5.35. The van der Waals surface area contributed by atoms with E-state index in [9.17, 15) is 4.79 Å². The van der Waals surface area contributed by atoms with Gasteiger partial charge in [0.1, 0.15) is 6.61 Å². The Morgan fingerprint density at radius 1 is 1.33 bits per heavy atom. The zero-order chi connectivity index (χ0) is 11.5. The second-order valence-electron chi connectivity index (χ2n) is 3.21. The van der Waals surface area contributed by atoms with Crippen molar-refractivity contribution in [1.29, 1.82) is 0 Å². The van der Waals surface area contributed by atoms with Gasteiger partial charge in [-0.05, 0) is 19.9 Å². The molecule has 0 radical (unpaired) electrons. The van der Waals surface area contributed by atoms with Gasteiger partial charge in [0.05, 0.1) is 13.2 Å². The van der Waals surface area contributed by atoms with Gasteiger partial charge < -0.3 is 20.1 Å². The lowest BCUT2D eigenvalue weighted by atomic mass is 10.4. The van der Waals surface area contributed by atoms with Crippen molar-refractivity contribution in [2.24, 2.45) is 5.73 Å². The number of carbonyl (C=O) groups is 1. The molecule has 0 bridgehead atoms. The molecular weight excluding hydrogens is 196 g/mol. The summed E-state index contributed by atoms with van der Waals surface area (Å²) in [5, 5.41) is 0. The normalized spacial score (nSPS) is 10.3. The standard InChI is InChI=1S/C10H22N2O3/c1-3-14-7-8-15-9-10(13)12(2)6-4-5-11/h3-9,11H2,1-2H3. The van der Waals surface area contributed by atoms with Gasteiger partial charge in [-0.15, -0.1) is 0 Å². The Morgan fingerprint density at radius 3 is 2.60 bits per heavy atom. The van der Waals surface area contributed by atoms with E-state index in [4.69, 9.17) is 15.2 Å².